The Hall–Kier alpha value is -2.83. The van der Waals surface area contributed by atoms with Gasteiger partial charge in [0.25, 0.3) is 0 Å². The summed E-state index contributed by atoms with van der Waals surface area (Å²) in [4.78, 5) is 19.8. The van der Waals surface area contributed by atoms with Crippen LogP contribution in [0.4, 0.5) is 5.69 Å². The zero-order chi connectivity index (χ0) is 25.8. The highest BCUT2D eigenvalue weighted by molar-refractivity contribution is 7.89. The summed E-state index contributed by atoms with van der Waals surface area (Å²) in [6.45, 7) is 3.29. The van der Waals surface area contributed by atoms with Crippen LogP contribution in [0.3, 0.4) is 0 Å². The van der Waals surface area contributed by atoms with Gasteiger partial charge in [-0.05, 0) is 55.8 Å². The lowest BCUT2D eigenvalue weighted by molar-refractivity contribution is -0.121. The Morgan fingerprint density at radius 3 is 2.65 bits per heavy atom. The molecule has 0 aliphatic carbocycles. The number of ether oxygens (including phenoxy) is 1. The van der Waals surface area contributed by atoms with Gasteiger partial charge in [0, 0.05) is 35.9 Å². The fourth-order valence-corrected chi connectivity index (χ4v) is 6.16. The van der Waals surface area contributed by atoms with Crippen molar-refractivity contribution in [2.24, 2.45) is 5.92 Å². The highest BCUT2D eigenvalue weighted by atomic mass is 35.5. The van der Waals surface area contributed by atoms with Gasteiger partial charge in [-0.3, -0.25) is 9.69 Å². The highest BCUT2D eigenvalue weighted by Gasteiger charge is 2.28. The maximum absolute atomic E-state index is 13.0. The number of halogens is 1. The number of nitrogens with zero attached hydrogens (tertiary/aromatic N) is 4. The van der Waals surface area contributed by atoms with E-state index < -0.39 is 10.0 Å². The molecule has 2 fully saturated rings. The number of sulfonamides is 1. The second-order valence-corrected chi connectivity index (χ2v) is 11.5. The molecule has 2 aromatic carbocycles. The summed E-state index contributed by atoms with van der Waals surface area (Å²) in [6.07, 6.45) is 1.63. The molecule has 10 nitrogen and oxygen atoms in total. The number of morpholine rings is 1. The van der Waals surface area contributed by atoms with Crippen LogP contribution in [-0.4, -0.2) is 73.1 Å². The SMILES string of the molecule is O=C(Nc1ccc(S(=O)(=O)N2CCOCC2)cc1)C1CCCN(Cc2nc(-c3cccc(Cl)c3)no2)C1. The first-order valence-electron chi connectivity index (χ1n) is 12.2. The van der Waals surface area contributed by atoms with Crippen LogP contribution in [0.25, 0.3) is 11.4 Å². The van der Waals surface area contributed by atoms with Crippen LogP contribution in [-0.2, 0) is 26.1 Å². The van der Waals surface area contributed by atoms with Gasteiger partial charge < -0.3 is 14.6 Å². The maximum atomic E-state index is 13.0. The Bertz CT molecular complexity index is 1340. The number of likely N-dealkylation sites (tertiary alicyclic amines) is 1. The van der Waals surface area contributed by atoms with Crippen molar-refractivity contribution in [2.45, 2.75) is 24.3 Å². The van der Waals surface area contributed by atoms with Crippen LogP contribution in [0.5, 0.6) is 0 Å². The van der Waals surface area contributed by atoms with Crippen LogP contribution in [0, 0.1) is 5.92 Å². The van der Waals surface area contributed by atoms with Crippen LogP contribution < -0.4 is 5.32 Å². The number of aromatic nitrogens is 2. The third kappa shape index (κ3) is 6.19. The van der Waals surface area contributed by atoms with Gasteiger partial charge in [-0.1, -0.05) is 28.9 Å². The Morgan fingerprint density at radius 2 is 1.89 bits per heavy atom. The van der Waals surface area contributed by atoms with E-state index in [2.05, 4.69) is 20.4 Å². The molecular weight excluding hydrogens is 518 g/mol. The molecule has 3 heterocycles. The number of benzene rings is 2. The lowest BCUT2D eigenvalue weighted by Crippen LogP contribution is -2.40. The second kappa shape index (κ2) is 11.3. The number of amides is 1. The van der Waals surface area contributed by atoms with E-state index in [0.717, 1.165) is 24.9 Å². The van der Waals surface area contributed by atoms with Crippen molar-refractivity contribution in [3.8, 4) is 11.4 Å². The normalized spacial score (nSPS) is 19.5. The van der Waals surface area contributed by atoms with Crippen LogP contribution in [0.15, 0.2) is 57.9 Å². The van der Waals surface area contributed by atoms with E-state index in [1.165, 1.54) is 16.4 Å². The number of carbonyl (C=O) groups excluding carboxylic acids is 1. The van der Waals surface area contributed by atoms with E-state index in [4.69, 9.17) is 20.9 Å². The minimum Gasteiger partial charge on any atom is -0.379 e. The summed E-state index contributed by atoms with van der Waals surface area (Å²) in [7, 11) is -3.58. The molecule has 2 aliphatic rings. The van der Waals surface area contributed by atoms with Gasteiger partial charge in [0.15, 0.2) is 0 Å². The van der Waals surface area contributed by atoms with Crippen molar-refractivity contribution in [3.05, 3.63) is 59.4 Å². The summed E-state index contributed by atoms with van der Waals surface area (Å²) in [5.74, 6) is 0.649. The zero-order valence-electron chi connectivity index (χ0n) is 20.2. The van der Waals surface area contributed by atoms with Gasteiger partial charge in [-0.25, -0.2) is 8.42 Å². The van der Waals surface area contributed by atoms with E-state index in [9.17, 15) is 13.2 Å². The topological polar surface area (TPSA) is 118 Å². The number of piperidine rings is 1. The second-order valence-electron chi connectivity index (χ2n) is 9.13. The molecule has 1 unspecified atom stereocenters. The molecule has 0 bridgehead atoms. The summed E-state index contributed by atoms with van der Waals surface area (Å²) in [5, 5.41) is 7.58. The lowest BCUT2D eigenvalue weighted by atomic mass is 9.97. The van der Waals surface area contributed by atoms with Gasteiger partial charge in [-0.2, -0.15) is 9.29 Å². The van der Waals surface area contributed by atoms with Crippen molar-refractivity contribution in [3.63, 3.8) is 0 Å². The summed E-state index contributed by atoms with van der Waals surface area (Å²) in [6, 6.07) is 13.6. The average molecular weight is 546 g/mol. The monoisotopic (exact) mass is 545 g/mol. The molecule has 3 aromatic rings. The van der Waals surface area contributed by atoms with E-state index in [1.807, 2.05) is 12.1 Å². The quantitative estimate of drug-likeness (QED) is 0.480. The highest BCUT2D eigenvalue weighted by Crippen LogP contribution is 2.24. The van der Waals surface area contributed by atoms with Gasteiger partial charge in [0.05, 0.1) is 30.6 Å². The van der Waals surface area contributed by atoms with Crippen molar-refractivity contribution in [1.29, 1.82) is 0 Å². The van der Waals surface area contributed by atoms with Crippen molar-refractivity contribution >= 4 is 33.2 Å². The van der Waals surface area contributed by atoms with Crippen molar-refractivity contribution in [1.82, 2.24) is 19.3 Å². The van der Waals surface area contributed by atoms with Gasteiger partial charge in [0.2, 0.25) is 27.6 Å². The molecule has 0 saturated carbocycles. The van der Waals surface area contributed by atoms with E-state index in [1.54, 1.807) is 24.3 Å². The third-order valence-electron chi connectivity index (χ3n) is 6.52. The lowest BCUT2D eigenvalue weighted by Gasteiger charge is -2.30. The Balaban J connectivity index is 1.17. The minimum absolute atomic E-state index is 0.0985. The number of rotatable bonds is 7. The zero-order valence-corrected chi connectivity index (χ0v) is 21.7. The first kappa shape index (κ1) is 25.8. The predicted molar refractivity (Wildman–Crippen MR) is 137 cm³/mol. The van der Waals surface area contributed by atoms with Gasteiger partial charge in [0.1, 0.15) is 0 Å². The molecule has 196 valence electrons. The Labute approximate surface area is 220 Å². The third-order valence-corrected chi connectivity index (χ3v) is 8.66. The minimum atomic E-state index is -3.58. The molecule has 1 aromatic heterocycles. The van der Waals surface area contributed by atoms with E-state index in [0.29, 0.717) is 61.8 Å². The Kier molecular flexibility index (Phi) is 7.87. The number of hydrogen-bond acceptors (Lipinski definition) is 8. The number of carbonyl (C=O) groups is 1. The maximum Gasteiger partial charge on any atom is 0.243 e. The molecule has 0 radical (unpaired) electrons. The van der Waals surface area contributed by atoms with Crippen LogP contribution >= 0.6 is 11.6 Å². The number of anilines is 1. The van der Waals surface area contributed by atoms with Crippen molar-refractivity contribution < 1.29 is 22.5 Å². The van der Waals surface area contributed by atoms with Gasteiger partial charge >= 0.3 is 0 Å². The molecule has 1 atom stereocenters. The first-order valence-corrected chi connectivity index (χ1v) is 14.0. The molecule has 12 heteroatoms. The summed E-state index contributed by atoms with van der Waals surface area (Å²) >= 11 is 6.06. The molecular formula is C25H28ClN5O5S. The average Bonchev–Trinajstić information content (AvgIpc) is 3.38. The van der Waals surface area contributed by atoms with E-state index in [-0.39, 0.29) is 16.7 Å². The van der Waals surface area contributed by atoms with Crippen molar-refractivity contribution in [2.75, 3.05) is 44.7 Å². The predicted octanol–water partition coefficient (Wildman–Crippen LogP) is 3.26. The first-order chi connectivity index (χ1) is 17.9. The molecule has 2 saturated heterocycles. The number of nitrogens with one attached hydrogen (secondary N) is 1. The molecule has 2 aliphatic heterocycles. The largest absolute Gasteiger partial charge is 0.379 e. The van der Waals surface area contributed by atoms with Crippen LogP contribution in [0.1, 0.15) is 18.7 Å². The Morgan fingerprint density at radius 1 is 1.11 bits per heavy atom. The smallest absolute Gasteiger partial charge is 0.243 e. The summed E-state index contributed by atoms with van der Waals surface area (Å²) < 4.78 is 37.7. The standard InChI is InChI=1S/C25H28ClN5O5S/c26-20-5-1-3-18(15-20)24-28-23(36-29-24)17-30-10-2-4-19(16-30)25(32)27-21-6-8-22(9-7-21)37(33,34)31-11-13-35-14-12-31/h1,3,5-9,15,19H,2,4,10-14,16-17H2,(H,27,32). The summed E-state index contributed by atoms with van der Waals surface area (Å²) in [5.41, 5.74) is 1.34. The van der Waals surface area contributed by atoms with E-state index >= 15 is 0 Å². The number of hydrogen-bond donors (Lipinski definition) is 1. The van der Waals surface area contributed by atoms with Gasteiger partial charge in [-0.15, -0.1) is 0 Å². The molecule has 5 rings (SSSR count). The molecule has 1 amide bonds. The fourth-order valence-electron chi connectivity index (χ4n) is 4.56. The fraction of sp³-hybridized carbons (Fsp3) is 0.400. The molecule has 1 N–H and O–H groups in total. The van der Waals surface area contributed by atoms with Crippen LogP contribution in [0.2, 0.25) is 5.02 Å². The molecule has 37 heavy (non-hydrogen) atoms. The molecule has 0 spiro atoms.